The Morgan fingerprint density at radius 2 is 1.61 bits per heavy atom. The van der Waals surface area contributed by atoms with Gasteiger partial charge in [-0.2, -0.15) is 0 Å². The molecule has 0 bridgehead atoms. The molecule has 0 spiro atoms. The molecule has 3 aromatic carbocycles. The second-order valence-electron chi connectivity index (χ2n) is 10.7. The Labute approximate surface area is 215 Å². The standard InChI is InChI=1S/C35H34O/c36-35-21-20-30-19-16-26(22-25-14-17-28(18-15-25)27-8-2-1-3-9-27)23-33(30)34(35)24-31-12-6-7-13-32(31)29-10-4-5-11-29/h4-7,10,12-21,23,27,34H,1-3,8-9,11,22,24H2. The van der Waals surface area contributed by atoms with Crippen molar-refractivity contribution < 1.29 is 4.79 Å². The highest BCUT2D eigenvalue weighted by Crippen LogP contribution is 2.36. The predicted octanol–water partition coefficient (Wildman–Crippen LogP) is 8.59. The van der Waals surface area contributed by atoms with Crippen LogP contribution in [0, 0.1) is 0 Å². The van der Waals surface area contributed by atoms with Crippen molar-refractivity contribution in [3.05, 3.63) is 130 Å². The SMILES string of the molecule is O=C1C=Cc2ccc(Cc3ccc(C4CCCCC4)cc3)cc2C1Cc1ccccc1C1=CC=CC1. The number of ketones is 1. The van der Waals surface area contributed by atoms with E-state index in [0.717, 1.165) is 25.2 Å². The number of allylic oxidation sites excluding steroid dienone is 5. The molecule has 0 saturated heterocycles. The van der Waals surface area contributed by atoms with E-state index in [0.29, 0.717) is 0 Å². The molecule has 36 heavy (non-hydrogen) atoms. The maximum absolute atomic E-state index is 13.1. The first-order valence-corrected chi connectivity index (χ1v) is 13.6. The summed E-state index contributed by atoms with van der Waals surface area (Å²) in [5, 5.41) is 0. The number of carbonyl (C=O) groups is 1. The van der Waals surface area contributed by atoms with Crippen LogP contribution >= 0.6 is 0 Å². The van der Waals surface area contributed by atoms with Crippen LogP contribution in [-0.2, 0) is 17.6 Å². The van der Waals surface area contributed by atoms with Crippen LogP contribution in [0.1, 0.15) is 89.3 Å². The number of hydrogen-bond acceptors (Lipinski definition) is 1. The Morgan fingerprint density at radius 3 is 2.42 bits per heavy atom. The van der Waals surface area contributed by atoms with Crippen LogP contribution in [0.3, 0.4) is 0 Å². The third-order valence-electron chi connectivity index (χ3n) is 8.32. The summed E-state index contributed by atoms with van der Waals surface area (Å²) in [6, 6.07) is 24.6. The number of rotatable bonds is 6. The van der Waals surface area contributed by atoms with Crippen molar-refractivity contribution in [3.8, 4) is 0 Å². The van der Waals surface area contributed by atoms with E-state index in [2.05, 4.69) is 85.0 Å². The molecule has 0 amide bonds. The summed E-state index contributed by atoms with van der Waals surface area (Å²) in [5.41, 5.74) is 10.4. The molecule has 1 atom stereocenters. The zero-order valence-electron chi connectivity index (χ0n) is 21.0. The Bertz CT molecular complexity index is 1350. The number of benzene rings is 3. The van der Waals surface area contributed by atoms with Gasteiger partial charge in [-0.3, -0.25) is 4.79 Å². The average molecular weight is 471 g/mol. The second kappa shape index (κ2) is 10.3. The lowest BCUT2D eigenvalue weighted by Crippen LogP contribution is -2.18. The predicted molar refractivity (Wildman–Crippen MR) is 150 cm³/mol. The third kappa shape index (κ3) is 4.80. The maximum Gasteiger partial charge on any atom is 0.163 e. The molecule has 1 saturated carbocycles. The normalized spacial score (nSPS) is 19.4. The molecule has 3 aliphatic rings. The van der Waals surface area contributed by atoms with Crippen LogP contribution in [0.25, 0.3) is 11.6 Å². The minimum Gasteiger partial charge on any atom is -0.294 e. The van der Waals surface area contributed by atoms with Crippen LogP contribution in [0.5, 0.6) is 0 Å². The highest BCUT2D eigenvalue weighted by molar-refractivity contribution is 6.02. The molecule has 0 aliphatic heterocycles. The van der Waals surface area contributed by atoms with Crippen molar-refractivity contribution in [1.82, 2.24) is 0 Å². The van der Waals surface area contributed by atoms with Gasteiger partial charge >= 0.3 is 0 Å². The minimum absolute atomic E-state index is 0.130. The quantitative estimate of drug-likeness (QED) is 0.352. The van der Waals surface area contributed by atoms with Gasteiger partial charge in [0, 0.05) is 0 Å². The Morgan fingerprint density at radius 1 is 0.806 bits per heavy atom. The molecule has 6 rings (SSSR count). The van der Waals surface area contributed by atoms with Gasteiger partial charge < -0.3 is 0 Å². The summed E-state index contributed by atoms with van der Waals surface area (Å²) >= 11 is 0. The fraction of sp³-hybridized carbons (Fsp3) is 0.286. The third-order valence-corrected chi connectivity index (χ3v) is 8.32. The lowest BCUT2D eigenvalue weighted by Gasteiger charge is -2.23. The van der Waals surface area contributed by atoms with Crippen molar-refractivity contribution >= 4 is 17.4 Å². The second-order valence-corrected chi connectivity index (χ2v) is 10.7. The van der Waals surface area contributed by atoms with Gasteiger partial charge in [0.25, 0.3) is 0 Å². The summed E-state index contributed by atoms with van der Waals surface area (Å²) in [7, 11) is 0. The van der Waals surface area contributed by atoms with Gasteiger partial charge in [0.05, 0.1) is 5.92 Å². The van der Waals surface area contributed by atoms with Gasteiger partial charge in [0.1, 0.15) is 0 Å². The molecule has 1 nitrogen and oxygen atoms in total. The molecule has 0 N–H and O–H groups in total. The molecule has 3 aliphatic carbocycles. The molecule has 1 heteroatoms. The Balaban J connectivity index is 1.24. The Kier molecular flexibility index (Phi) is 6.55. The minimum atomic E-state index is -0.130. The van der Waals surface area contributed by atoms with Crippen molar-refractivity contribution in [3.63, 3.8) is 0 Å². The summed E-state index contributed by atoms with van der Waals surface area (Å²) < 4.78 is 0. The van der Waals surface area contributed by atoms with E-state index in [-0.39, 0.29) is 11.7 Å². The van der Waals surface area contributed by atoms with Gasteiger partial charge in [-0.25, -0.2) is 0 Å². The van der Waals surface area contributed by atoms with Crippen molar-refractivity contribution in [2.24, 2.45) is 0 Å². The van der Waals surface area contributed by atoms with Crippen molar-refractivity contribution in [1.29, 1.82) is 0 Å². The molecule has 0 radical (unpaired) electrons. The van der Waals surface area contributed by atoms with Crippen molar-refractivity contribution in [2.45, 2.75) is 63.2 Å². The van der Waals surface area contributed by atoms with E-state index in [1.807, 2.05) is 6.08 Å². The zero-order chi connectivity index (χ0) is 24.3. The highest BCUT2D eigenvalue weighted by Gasteiger charge is 2.26. The molecule has 180 valence electrons. The number of carbonyl (C=O) groups excluding carboxylic acids is 1. The van der Waals surface area contributed by atoms with Gasteiger partial charge in [0.2, 0.25) is 0 Å². The molecule has 1 unspecified atom stereocenters. The van der Waals surface area contributed by atoms with E-state index in [1.54, 1.807) is 6.08 Å². The van der Waals surface area contributed by atoms with E-state index < -0.39 is 0 Å². The van der Waals surface area contributed by atoms with E-state index in [9.17, 15) is 4.79 Å². The topological polar surface area (TPSA) is 17.1 Å². The van der Waals surface area contributed by atoms with Crippen LogP contribution in [-0.4, -0.2) is 5.78 Å². The lowest BCUT2D eigenvalue weighted by atomic mass is 9.79. The molecule has 3 aromatic rings. The first-order valence-electron chi connectivity index (χ1n) is 13.6. The van der Waals surface area contributed by atoms with E-state index >= 15 is 0 Å². The number of fused-ring (bicyclic) bond motifs is 1. The number of hydrogen-bond donors (Lipinski definition) is 0. The molecule has 1 fully saturated rings. The summed E-state index contributed by atoms with van der Waals surface area (Å²) in [6.45, 7) is 0. The first kappa shape index (κ1) is 23.0. The highest BCUT2D eigenvalue weighted by atomic mass is 16.1. The molecular formula is C35H34O. The Hall–Kier alpha value is -3.45. The van der Waals surface area contributed by atoms with Crippen LogP contribution in [0.15, 0.2) is 91.0 Å². The zero-order valence-corrected chi connectivity index (χ0v) is 21.0. The van der Waals surface area contributed by atoms with Crippen LogP contribution in [0.4, 0.5) is 0 Å². The lowest BCUT2D eigenvalue weighted by molar-refractivity contribution is -0.116. The van der Waals surface area contributed by atoms with Crippen LogP contribution in [0.2, 0.25) is 0 Å². The fourth-order valence-corrected chi connectivity index (χ4v) is 6.30. The first-order chi connectivity index (χ1) is 17.7. The van der Waals surface area contributed by atoms with Gasteiger partial charge in [-0.15, -0.1) is 0 Å². The van der Waals surface area contributed by atoms with Gasteiger partial charge in [-0.05, 0) is 88.6 Å². The maximum atomic E-state index is 13.1. The monoisotopic (exact) mass is 470 g/mol. The summed E-state index contributed by atoms with van der Waals surface area (Å²) in [4.78, 5) is 13.1. The van der Waals surface area contributed by atoms with Crippen LogP contribution < -0.4 is 0 Å². The largest absolute Gasteiger partial charge is 0.294 e. The van der Waals surface area contributed by atoms with Gasteiger partial charge in [0.15, 0.2) is 5.78 Å². The molecule has 0 aromatic heterocycles. The fourth-order valence-electron chi connectivity index (χ4n) is 6.30. The smallest absolute Gasteiger partial charge is 0.163 e. The molecular weight excluding hydrogens is 436 g/mol. The van der Waals surface area contributed by atoms with Gasteiger partial charge in [-0.1, -0.05) is 110 Å². The van der Waals surface area contributed by atoms with Crippen molar-refractivity contribution in [2.75, 3.05) is 0 Å². The average Bonchev–Trinajstić information content (AvgIpc) is 3.47. The summed E-state index contributed by atoms with van der Waals surface area (Å²) in [6.07, 6.45) is 19.7. The van der Waals surface area contributed by atoms with E-state index in [4.69, 9.17) is 0 Å². The molecule has 0 heterocycles. The van der Waals surface area contributed by atoms with E-state index in [1.165, 1.54) is 76.6 Å². The summed E-state index contributed by atoms with van der Waals surface area (Å²) in [5.74, 6) is 0.827.